The lowest BCUT2D eigenvalue weighted by Gasteiger charge is -2.18. The fourth-order valence-corrected chi connectivity index (χ4v) is 9.32. The predicted molar refractivity (Wildman–Crippen MR) is 307 cm³/mol. The van der Waals surface area contributed by atoms with Gasteiger partial charge in [0.05, 0.1) is 0 Å². The maximum atomic E-state index is 12.8. The Hall–Kier alpha value is -2.37. The van der Waals surface area contributed by atoms with Gasteiger partial charge in [-0.1, -0.05) is 269 Å². The van der Waals surface area contributed by atoms with Crippen LogP contribution in [0.4, 0.5) is 0 Å². The lowest BCUT2D eigenvalue weighted by atomic mass is 10.0. The first-order chi connectivity index (χ1) is 35.0. The normalized spacial score (nSPS) is 12.2. The molecule has 0 spiro atoms. The van der Waals surface area contributed by atoms with Crippen molar-refractivity contribution in [2.24, 2.45) is 0 Å². The molecule has 0 saturated heterocycles. The van der Waals surface area contributed by atoms with Gasteiger partial charge in [-0.3, -0.25) is 14.4 Å². The molecule has 0 saturated carbocycles. The summed E-state index contributed by atoms with van der Waals surface area (Å²) in [5.74, 6) is -0.880. The number of hydrogen-bond donors (Lipinski definition) is 0. The van der Waals surface area contributed by atoms with Crippen molar-refractivity contribution in [1.29, 1.82) is 0 Å². The van der Waals surface area contributed by atoms with Crippen molar-refractivity contribution in [3.8, 4) is 0 Å². The Kier molecular flexibility index (Phi) is 58.2. The molecule has 0 amide bonds. The zero-order valence-corrected chi connectivity index (χ0v) is 47.8. The van der Waals surface area contributed by atoms with E-state index in [1.54, 1.807) is 0 Å². The molecule has 1 unspecified atom stereocenters. The van der Waals surface area contributed by atoms with Crippen LogP contribution >= 0.6 is 0 Å². The first-order valence-electron chi connectivity index (χ1n) is 31.5. The molecule has 0 heterocycles. The van der Waals surface area contributed by atoms with Crippen molar-refractivity contribution in [3.05, 3.63) is 36.5 Å². The van der Waals surface area contributed by atoms with Crippen molar-refractivity contribution < 1.29 is 28.6 Å². The lowest BCUT2D eigenvalue weighted by molar-refractivity contribution is -0.167. The molecule has 0 N–H and O–H groups in total. The second-order valence-corrected chi connectivity index (χ2v) is 21.3. The third kappa shape index (κ3) is 58.4. The molecule has 0 aromatic carbocycles. The minimum absolute atomic E-state index is 0.0748. The second-order valence-electron chi connectivity index (χ2n) is 21.3. The Morgan fingerprint density at radius 2 is 0.493 bits per heavy atom. The van der Waals surface area contributed by atoms with Crippen LogP contribution in [0.5, 0.6) is 0 Å². The Bertz CT molecular complexity index is 1190. The van der Waals surface area contributed by atoms with Gasteiger partial charge in [0.15, 0.2) is 6.10 Å². The molecule has 0 aliphatic carbocycles. The number of allylic oxidation sites excluding steroid dienone is 6. The van der Waals surface area contributed by atoms with Crippen LogP contribution < -0.4 is 0 Å². The minimum atomic E-state index is -0.776. The molecule has 0 aliphatic rings. The van der Waals surface area contributed by atoms with E-state index >= 15 is 0 Å². The molecule has 0 aromatic heterocycles. The van der Waals surface area contributed by atoms with Crippen LogP contribution in [0.15, 0.2) is 36.5 Å². The zero-order valence-electron chi connectivity index (χ0n) is 47.8. The molecular formula is C65H120O6. The number of rotatable bonds is 58. The fourth-order valence-electron chi connectivity index (χ4n) is 9.32. The van der Waals surface area contributed by atoms with E-state index in [9.17, 15) is 14.4 Å². The number of esters is 3. The molecule has 0 radical (unpaired) electrons. The van der Waals surface area contributed by atoms with E-state index in [2.05, 4.69) is 57.2 Å². The molecule has 6 nitrogen and oxygen atoms in total. The number of unbranched alkanes of at least 4 members (excludes halogenated alkanes) is 41. The van der Waals surface area contributed by atoms with Crippen LogP contribution in [-0.4, -0.2) is 37.2 Å². The van der Waals surface area contributed by atoms with E-state index in [1.165, 1.54) is 218 Å². The summed E-state index contributed by atoms with van der Waals surface area (Å²) in [7, 11) is 0. The molecule has 0 aromatic rings. The molecule has 0 rings (SSSR count). The highest BCUT2D eigenvalue weighted by Crippen LogP contribution is 2.17. The summed E-state index contributed by atoms with van der Waals surface area (Å²) in [6.45, 7) is 6.58. The number of carbonyl (C=O) groups is 3. The number of hydrogen-bond acceptors (Lipinski definition) is 6. The lowest BCUT2D eigenvalue weighted by Crippen LogP contribution is -2.30. The first-order valence-corrected chi connectivity index (χ1v) is 31.5. The van der Waals surface area contributed by atoms with Crippen LogP contribution in [0.25, 0.3) is 0 Å². The summed E-state index contributed by atoms with van der Waals surface area (Å²) in [5, 5.41) is 0. The zero-order chi connectivity index (χ0) is 51.4. The van der Waals surface area contributed by atoms with E-state index < -0.39 is 6.10 Å². The van der Waals surface area contributed by atoms with E-state index in [0.717, 1.165) is 83.5 Å². The highest BCUT2D eigenvalue weighted by atomic mass is 16.6. The third-order valence-corrected chi connectivity index (χ3v) is 14.1. The quantitative estimate of drug-likeness (QED) is 0.0261. The monoisotopic (exact) mass is 997 g/mol. The van der Waals surface area contributed by atoms with Crippen molar-refractivity contribution in [2.75, 3.05) is 13.2 Å². The SMILES string of the molecule is CCC/C=C\CCCCCCCC(=O)OCC(COC(=O)CCCCCCCCCCCCCCCCCCCCC/C=C\CCCCCCCCCC)OC(=O)CCCCCCC/C=C\CCCCC. The van der Waals surface area contributed by atoms with Crippen molar-refractivity contribution >= 4 is 17.9 Å². The van der Waals surface area contributed by atoms with E-state index in [0.29, 0.717) is 19.3 Å². The van der Waals surface area contributed by atoms with E-state index in [4.69, 9.17) is 14.2 Å². The highest BCUT2D eigenvalue weighted by molar-refractivity contribution is 5.71. The average molecular weight is 998 g/mol. The molecular weight excluding hydrogens is 877 g/mol. The van der Waals surface area contributed by atoms with Gasteiger partial charge < -0.3 is 14.2 Å². The summed E-state index contributed by atoms with van der Waals surface area (Å²) >= 11 is 0. The Morgan fingerprint density at radius 1 is 0.268 bits per heavy atom. The standard InChI is InChI=1S/C65H120O6/c1-4-7-10-13-16-19-22-24-25-26-27-28-29-30-31-32-33-34-35-36-37-38-39-40-41-42-44-46-49-52-55-58-64(67)70-61-62(60-69-63(66)57-54-51-48-45-21-18-15-12-9-6-3)71-65(68)59-56-53-50-47-43-23-20-17-14-11-8-5-2/h12,15,17,20,26-27,62H,4-11,13-14,16,18-19,21-25,28-61H2,1-3H3/b15-12-,20-17-,27-26-. The van der Waals surface area contributed by atoms with Crippen molar-refractivity contribution in [2.45, 2.75) is 348 Å². The molecule has 1 atom stereocenters. The summed E-state index contributed by atoms with van der Waals surface area (Å²) in [4.78, 5) is 38.0. The number of carbonyl (C=O) groups excluding carboxylic acids is 3. The fraction of sp³-hybridized carbons (Fsp3) is 0.862. The van der Waals surface area contributed by atoms with Gasteiger partial charge in [0.2, 0.25) is 0 Å². The maximum Gasteiger partial charge on any atom is 0.306 e. The van der Waals surface area contributed by atoms with Crippen LogP contribution in [0.1, 0.15) is 342 Å². The minimum Gasteiger partial charge on any atom is -0.462 e. The highest BCUT2D eigenvalue weighted by Gasteiger charge is 2.19. The van der Waals surface area contributed by atoms with Crippen LogP contribution in [-0.2, 0) is 28.6 Å². The summed E-state index contributed by atoms with van der Waals surface area (Å²) in [6.07, 6.45) is 73.3. The summed E-state index contributed by atoms with van der Waals surface area (Å²) in [6, 6.07) is 0. The molecule has 0 fully saturated rings. The molecule has 6 heteroatoms. The molecule has 0 bridgehead atoms. The smallest absolute Gasteiger partial charge is 0.306 e. The van der Waals surface area contributed by atoms with Gasteiger partial charge in [-0.05, 0) is 89.9 Å². The summed E-state index contributed by atoms with van der Waals surface area (Å²) in [5.41, 5.74) is 0. The summed E-state index contributed by atoms with van der Waals surface area (Å²) < 4.78 is 16.8. The molecule has 0 aliphatic heterocycles. The van der Waals surface area contributed by atoms with Gasteiger partial charge >= 0.3 is 17.9 Å². The number of ether oxygens (including phenoxy) is 3. The Morgan fingerprint density at radius 3 is 0.789 bits per heavy atom. The first kappa shape index (κ1) is 68.6. The van der Waals surface area contributed by atoms with Crippen LogP contribution in [0, 0.1) is 0 Å². The average Bonchev–Trinajstić information content (AvgIpc) is 3.37. The third-order valence-electron chi connectivity index (χ3n) is 14.1. The van der Waals surface area contributed by atoms with Crippen molar-refractivity contribution in [3.63, 3.8) is 0 Å². The van der Waals surface area contributed by atoms with Gasteiger partial charge in [0, 0.05) is 19.3 Å². The largest absolute Gasteiger partial charge is 0.462 e. The van der Waals surface area contributed by atoms with Gasteiger partial charge in [-0.25, -0.2) is 0 Å². The molecule has 416 valence electrons. The van der Waals surface area contributed by atoms with Gasteiger partial charge in [0.25, 0.3) is 0 Å². The predicted octanol–water partition coefficient (Wildman–Crippen LogP) is 21.2. The Labute approximate surface area is 442 Å². The van der Waals surface area contributed by atoms with Gasteiger partial charge in [-0.2, -0.15) is 0 Å². The van der Waals surface area contributed by atoms with Gasteiger partial charge in [-0.15, -0.1) is 0 Å². The van der Waals surface area contributed by atoms with Crippen molar-refractivity contribution in [1.82, 2.24) is 0 Å². The van der Waals surface area contributed by atoms with Gasteiger partial charge in [0.1, 0.15) is 13.2 Å². The maximum absolute atomic E-state index is 12.8. The molecule has 71 heavy (non-hydrogen) atoms. The van der Waals surface area contributed by atoms with E-state index in [-0.39, 0.29) is 31.1 Å². The van der Waals surface area contributed by atoms with E-state index in [1.807, 2.05) is 0 Å². The van der Waals surface area contributed by atoms with Crippen LogP contribution in [0.3, 0.4) is 0 Å². The second kappa shape index (κ2) is 60.2. The Balaban J connectivity index is 4.02. The topological polar surface area (TPSA) is 78.9 Å². The van der Waals surface area contributed by atoms with Crippen LogP contribution in [0.2, 0.25) is 0 Å².